The highest BCUT2D eigenvalue weighted by molar-refractivity contribution is 5.20. The molecule has 120 valence electrons. The zero-order valence-electron chi connectivity index (χ0n) is 14.4. The lowest BCUT2D eigenvalue weighted by molar-refractivity contribution is 0.0870. The summed E-state index contributed by atoms with van der Waals surface area (Å²) in [6, 6.07) is 0.860. The third-order valence-electron chi connectivity index (χ3n) is 6.66. The van der Waals surface area contributed by atoms with Gasteiger partial charge in [0.15, 0.2) is 0 Å². The van der Waals surface area contributed by atoms with Crippen molar-refractivity contribution in [2.24, 2.45) is 10.8 Å². The van der Waals surface area contributed by atoms with Crippen molar-refractivity contribution in [2.45, 2.75) is 71.8 Å². The number of piperidine rings is 1. The van der Waals surface area contributed by atoms with E-state index in [1.54, 1.807) is 5.57 Å². The first-order chi connectivity index (χ1) is 10.1. The predicted molar refractivity (Wildman–Crippen MR) is 90.5 cm³/mol. The van der Waals surface area contributed by atoms with Crippen molar-refractivity contribution in [3.8, 4) is 0 Å². The monoisotopic (exact) mass is 290 g/mol. The van der Waals surface area contributed by atoms with Crippen LogP contribution in [-0.2, 0) is 0 Å². The molecule has 0 spiro atoms. The average Bonchev–Trinajstić information content (AvgIpc) is 3.42. The number of nitrogens with one attached hydrogen (secondary N) is 1. The lowest BCUT2D eigenvalue weighted by Gasteiger charge is -2.43. The van der Waals surface area contributed by atoms with Gasteiger partial charge in [-0.15, -0.1) is 0 Å². The van der Waals surface area contributed by atoms with Crippen LogP contribution in [0.1, 0.15) is 65.7 Å². The zero-order chi connectivity index (χ0) is 14.9. The Kier molecular flexibility index (Phi) is 4.47. The third-order valence-corrected chi connectivity index (χ3v) is 6.66. The molecular formula is C19H34N2. The van der Waals surface area contributed by atoms with Gasteiger partial charge in [0, 0.05) is 24.5 Å². The molecular weight excluding hydrogens is 256 g/mol. The Morgan fingerprint density at radius 2 is 1.86 bits per heavy atom. The van der Waals surface area contributed by atoms with Crippen molar-refractivity contribution in [1.29, 1.82) is 0 Å². The molecule has 0 radical (unpaired) electrons. The Bertz CT molecular complexity index is 382. The fraction of sp³-hybridized carbons (Fsp3) is 0.895. The van der Waals surface area contributed by atoms with Crippen LogP contribution in [0.25, 0.3) is 0 Å². The molecule has 0 bridgehead atoms. The number of nitrogens with zero attached hydrogens (tertiary/aromatic N) is 1. The first kappa shape index (κ1) is 15.6. The van der Waals surface area contributed by atoms with Crippen molar-refractivity contribution < 1.29 is 0 Å². The van der Waals surface area contributed by atoms with E-state index in [9.17, 15) is 0 Å². The van der Waals surface area contributed by atoms with Gasteiger partial charge in [0.05, 0.1) is 0 Å². The van der Waals surface area contributed by atoms with Gasteiger partial charge < -0.3 is 10.2 Å². The van der Waals surface area contributed by atoms with Gasteiger partial charge in [-0.05, 0) is 77.3 Å². The van der Waals surface area contributed by atoms with Gasteiger partial charge in [-0.25, -0.2) is 0 Å². The minimum absolute atomic E-state index is 0.563. The lowest BCUT2D eigenvalue weighted by atomic mass is 9.75. The average molecular weight is 290 g/mol. The van der Waals surface area contributed by atoms with Gasteiger partial charge in [-0.1, -0.05) is 18.6 Å². The molecule has 0 aromatic rings. The second-order valence-corrected chi connectivity index (χ2v) is 8.04. The minimum Gasteiger partial charge on any atom is -0.313 e. The third kappa shape index (κ3) is 3.53. The molecule has 2 saturated carbocycles. The summed E-state index contributed by atoms with van der Waals surface area (Å²) in [7, 11) is 0. The van der Waals surface area contributed by atoms with Crippen molar-refractivity contribution in [1.82, 2.24) is 10.2 Å². The quantitative estimate of drug-likeness (QED) is 0.714. The fourth-order valence-electron chi connectivity index (χ4n) is 4.05. The van der Waals surface area contributed by atoms with E-state index in [1.165, 1.54) is 71.1 Å². The summed E-state index contributed by atoms with van der Waals surface area (Å²) in [5, 5.41) is 3.79. The van der Waals surface area contributed by atoms with Crippen LogP contribution in [-0.4, -0.2) is 37.1 Å². The van der Waals surface area contributed by atoms with Crippen LogP contribution in [0.5, 0.6) is 0 Å². The van der Waals surface area contributed by atoms with Gasteiger partial charge in [-0.2, -0.15) is 0 Å². The van der Waals surface area contributed by atoms with Crippen LogP contribution >= 0.6 is 0 Å². The molecule has 0 aromatic heterocycles. The SMILES string of the molecule is C/C=C(/C)C1(CN2CCC(CC)(CNC3CC3)CC2)CC1. The fourth-order valence-corrected chi connectivity index (χ4v) is 4.05. The smallest absolute Gasteiger partial charge is 0.00753 e. The van der Waals surface area contributed by atoms with Crippen molar-refractivity contribution in [3.63, 3.8) is 0 Å². The number of allylic oxidation sites excluding steroid dienone is 1. The Morgan fingerprint density at radius 3 is 2.33 bits per heavy atom. The first-order valence-electron chi connectivity index (χ1n) is 9.21. The summed E-state index contributed by atoms with van der Waals surface area (Å²) in [6.07, 6.45) is 12.1. The van der Waals surface area contributed by atoms with E-state index in [0.29, 0.717) is 10.8 Å². The summed E-state index contributed by atoms with van der Waals surface area (Å²) in [4.78, 5) is 2.75. The van der Waals surface area contributed by atoms with Gasteiger partial charge in [0.2, 0.25) is 0 Å². The summed E-state index contributed by atoms with van der Waals surface area (Å²) in [5.41, 5.74) is 2.78. The molecule has 2 nitrogen and oxygen atoms in total. The Labute approximate surface area is 131 Å². The van der Waals surface area contributed by atoms with Crippen LogP contribution in [0.3, 0.4) is 0 Å². The second-order valence-electron chi connectivity index (χ2n) is 8.04. The molecule has 1 aliphatic heterocycles. The summed E-state index contributed by atoms with van der Waals surface area (Å²) in [6.45, 7) is 12.2. The van der Waals surface area contributed by atoms with E-state index in [2.05, 4.69) is 37.1 Å². The van der Waals surface area contributed by atoms with Crippen molar-refractivity contribution in [2.75, 3.05) is 26.2 Å². The maximum Gasteiger partial charge on any atom is 0.00753 e. The molecule has 2 heteroatoms. The van der Waals surface area contributed by atoms with Crippen LogP contribution in [0.15, 0.2) is 11.6 Å². The Hall–Kier alpha value is -0.340. The summed E-state index contributed by atoms with van der Waals surface area (Å²) < 4.78 is 0. The molecule has 3 fully saturated rings. The molecule has 21 heavy (non-hydrogen) atoms. The van der Waals surface area contributed by atoms with E-state index < -0.39 is 0 Å². The molecule has 3 rings (SSSR count). The Morgan fingerprint density at radius 1 is 1.19 bits per heavy atom. The molecule has 0 atom stereocenters. The standard InChI is InChI=1S/C19H34N2/c1-4-16(3)19(8-9-19)15-21-12-10-18(5-2,11-13-21)14-20-17-6-7-17/h4,17,20H,5-15H2,1-3H3/b16-4-. The molecule has 3 aliphatic rings. The molecule has 1 saturated heterocycles. The van der Waals surface area contributed by atoms with Crippen LogP contribution in [0, 0.1) is 10.8 Å². The summed E-state index contributed by atoms with van der Waals surface area (Å²) >= 11 is 0. The Balaban J connectivity index is 1.49. The predicted octanol–water partition coefficient (Wildman–Crippen LogP) is 3.98. The molecule has 1 heterocycles. The van der Waals surface area contributed by atoms with Gasteiger partial charge in [0.1, 0.15) is 0 Å². The second kappa shape index (κ2) is 6.04. The maximum absolute atomic E-state index is 3.79. The zero-order valence-corrected chi connectivity index (χ0v) is 14.4. The van der Waals surface area contributed by atoms with Crippen LogP contribution in [0.2, 0.25) is 0 Å². The topological polar surface area (TPSA) is 15.3 Å². The van der Waals surface area contributed by atoms with E-state index in [-0.39, 0.29) is 0 Å². The van der Waals surface area contributed by atoms with Gasteiger partial charge >= 0.3 is 0 Å². The van der Waals surface area contributed by atoms with Gasteiger partial charge in [0.25, 0.3) is 0 Å². The van der Waals surface area contributed by atoms with Gasteiger partial charge in [-0.3, -0.25) is 0 Å². The van der Waals surface area contributed by atoms with E-state index >= 15 is 0 Å². The summed E-state index contributed by atoms with van der Waals surface area (Å²) in [5.74, 6) is 0. The number of hydrogen-bond acceptors (Lipinski definition) is 2. The van der Waals surface area contributed by atoms with E-state index in [4.69, 9.17) is 0 Å². The van der Waals surface area contributed by atoms with E-state index in [0.717, 1.165) is 6.04 Å². The lowest BCUT2D eigenvalue weighted by Crippen LogP contribution is -2.46. The molecule has 0 unspecified atom stereocenters. The first-order valence-corrected chi connectivity index (χ1v) is 9.21. The van der Waals surface area contributed by atoms with Crippen molar-refractivity contribution >= 4 is 0 Å². The number of hydrogen-bond donors (Lipinski definition) is 1. The number of likely N-dealkylation sites (tertiary alicyclic amines) is 1. The highest BCUT2D eigenvalue weighted by atomic mass is 15.1. The number of rotatable bonds is 7. The molecule has 2 aliphatic carbocycles. The largest absolute Gasteiger partial charge is 0.313 e. The maximum atomic E-state index is 3.79. The molecule has 1 N–H and O–H groups in total. The molecule has 0 amide bonds. The highest BCUT2D eigenvalue weighted by Gasteiger charge is 2.46. The van der Waals surface area contributed by atoms with Crippen LogP contribution in [0.4, 0.5) is 0 Å². The highest BCUT2D eigenvalue weighted by Crippen LogP contribution is 2.52. The van der Waals surface area contributed by atoms with E-state index in [1.807, 2.05) is 0 Å². The van der Waals surface area contributed by atoms with Crippen LogP contribution < -0.4 is 5.32 Å². The molecule has 0 aromatic carbocycles. The minimum atomic E-state index is 0.563. The van der Waals surface area contributed by atoms with Crippen molar-refractivity contribution in [3.05, 3.63) is 11.6 Å². The normalized spacial score (nSPS) is 28.6.